The SMILES string of the molecule is CCCCc1cccc2sc3c4c(ccc3c12)C(C1(CC)n2nc(C(F)(F)F)nc2-c2cccc[n+]2C1(C)CC)[n+]1c-4ccc2ccccc21. The first-order valence-electron chi connectivity index (χ1n) is 17.6. The molecule has 0 radical (unpaired) electrons. The van der Waals surface area contributed by atoms with Crippen molar-refractivity contribution in [2.75, 3.05) is 0 Å². The first-order chi connectivity index (χ1) is 24.2. The number of halogens is 3. The number of para-hydroxylation sites is 1. The van der Waals surface area contributed by atoms with Crippen molar-refractivity contribution in [3.8, 4) is 22.8 Å². The fourth-order valence-electron chi connectivity index (χ4n) is 9.34. The lowest BCUT2D eigenvalue weighted by molar-refractivity contribution is -0.791. The Hall–Kier alpha value is -4.63. The van der Waals surface area contributed by atoms with Gasteiger partial charge in [0.25, 0.3) is 11.5 Å². The highest BCUT2D eigenvalue weighted by atomic mass is 32.1. The summed E-state index contributed by atoms with van der Waals surface area (Å²) in [7, 11) is 0. The molecule has 2 aliphatic rings. The summed E-state index contributed by atoms with van der Waals surface area (Å²) in [5, 5.41) is 8.09. The Kier molecular flexibility index (Phi) is 6.86. The Labute approximate surface area is 292 Å². The summed E-state index contributed by atoms with van der Waals surface area (Å²) in [6, 6.07) is 29.2. The summed E-state index contributed by atoms with van der Waals surface area (Å²) in [6.07, 6.45) is 1.75. The van der Waals surface area contributed by atoms with Gasteiger partial charge in [-0.1, -0.05) is 63.6 Å². The van der Waals surface area contributed by atoms with E-state index in [0.717, 1.165) is 47.0 Å². The number of pyridine rings is 2. The lowest BCUT2D eigenvalue weighted by atomic mass is 9.66. The van der Waals surface area contributed by atoms with Crippen LogP contribution in [-0.4, -0.2) is 14.8 Å². The monoisotopic (exact) mass is 689 g/mol. The molecule has 0 bridgehead atoms. The molecule has 3 atom stereocenters. The van der Waals surface area contributed by atoms with E-state index in [1.54, 1.807) is 4.68 Å². The molecule has 0 spiro atoms. The normalized spacial score (nSPS) is 21.1. The van der Waals surface area contributed by atoms with E-state index in [0.29, 0.717) is 18.5 Å². The molecule has 9 rings (SSSR count). The minimum Gasteiger partial charge on any atom is -0.219 e. The molecule has 6 heterocycles. The zero-order valence-corrected chi connectivity index (χ0v) is 29.4. The summed E-state index contributed by atoms with van der Waals surface area (Å²) >= 11 is 1.82. The number of rotatable bonds is 6. The van der Waals surface area contributed by atoms with E-state index >= 15 is 0 Å². The van der Waals surface area contributed by atoms with Crippen LogP contribution in [0.1, 0.15) is 76.4 Å². The number of aromatic nitrogens is 5. The van der Waals surface area contributed by atoms with Crippen molar-refractivity contribution >= 4 is 42.4 Å². The largest absolute Gasteiger partial charge is 0.453 e. The predicted molar refractivity (Wildman–Crippen MR) is 192 cm³/mol. The van der Waals surface area contributed by atoms with Crippen molar-refractivity contribution < 1.29 is 22.3 Å². The lowest BCUT2D eigenvalue weighted by Crippen LogP contribution is -2.75. The van der Waals surface area contributed by atoms with Crippen LogP contribution in [0.3, 0.4) is 0 Å². The van der Waals surface area contributed by atoms with Crippen LogP contribution in [0.25, 0.3) is 53.9 Å². The first kappa shape index (κ1) is 31.4. The summed E-state index contributed by atoms with van der Waals surface area (Å²) < 4.78 is 52.5. The smallest absolute Gasteiger partial charge is 0.219 e. The van der Waals surface area contributed by atoms with Gasteiger partial charge in [-0.05, 0) is 49.1 Å². The Morgan fingerprint density at radius 1 is 0.880 bits per heavy atom. The second-order valence-electron chi connectivity index (χ2n) is 14.0. The molecule has 252 valence electrons. The van der Waals surface area contributed by atoms with E-state index in [2.05, 4.69) is 108 Å². The molecule has 5 nitrogen and oxygen atoms in total. The number of fused-ring (bicyclic) bond motifs is 12. The number of hydrogen-bond acceptors (Lipinski definition) is 3. The molecule has 0 saturated carbocycles. The van der Waals surface area contributed by atoms with Crippen LogP contribution in [0.2, 0.25) is 0 Å². The van der Waals surface area contributed by atoms with Crippen LogP contribution >= 0.6 is 11.3 Å². The van der Waals surface area contributed by atoms with Gasteiger partial charge in [0, 0.05) is 68.7 Å². The quantitative estimate of drug-likeness (QED) is 0.163. The molecular weight excluding hydrogens is 652 g/mol. The molecule has 9 heteroatoms. The molecule has 0 aliphatic carbocycles. The molecule has 3 aromatic carbocycles. The van der Waals surface area contributed by atoms with Crippen molar-refractivity contribution in [2.24, 2.45) is 0 Å². The molecule has 0 amide bonds. The zero-order chi connectivity index (χ0) is 34.6. The fraction of sp³-hybridized carbons (Fsp3) is 0.317. The van der Waals surface area contributed by atoms with Gasteiger partial charge < -0.3 is 0 Å². The molecular formula is C41H38F3N5S+2. The molecule has 50 heavy (non-hydrogen) atoms. The maximum absolute atomic E-state index is 14.6. The van der Waals surface area contributed by atoms with E-state index < -0.39 is 29.1 Å². The second-order valence-corrected chi connectivity index (χ2v) is 15.0. The summed E-state index contributed by atoms with van der Waals surface area (Å²) in [6.45, 7) is 8.66. The first-order valence-corrected chi connectivity index (χ1v) is 18.5. The molecule has 7 aromatic rings. The van der Waals surface area contributed by atoms with Crippen molar-refractivity contribution in [3.63, 3.8) is 0 Å². The zero-order valence-electron chi connectivity index (χ0n) is 28.6. The third kappa shape index (κ3) is 3.95. The highest BCUT2D eigenvalue weighted by Gasteiger charge is 2.70. The van der Waals surface area contributed by atoms with Crippen LogP contribution in [0.4, 0.5) is 13.2 Å². The summed E-state index contributed by atoms with van der Waals surface area (Å²) in [4.78, 5) is 4.26. The van der Waals surface area contributed by atoms with Gasteiger partial charge in [0.2, 0.25) is 23.1 Å². The summed E-state index contributed by atoms with van der Waals surface area (Å²) in [5.74, 6) is -0.868. The molecule has 0 N–H and O–H groups in total. The maximum Gasteiger partial charge on any atom is 0.453 e. The van der Waals surface area contributed by atoms with Crippen LogP contribution in [0.5, 0.6) is 0 Å². The highest BCUT2D eigenvalue weighted by Crippen LogP contribution is 2.57. The third-order valence-corrected chi connectivity index (χ3v) is 12.9. The Balaban J connectivity index is 1.44. The fourth-order valence-corrected chi connectivity index (χ4v) is 10.7. The van der Waals surface area contributed by atoms with Crippen molar-refractivity contribution in [1.29, 1.82) is 0 Å². The Morgan fingerprint density at radius 2 is 1.70 bits per heavy atom. The third-order valence-electron chi connectivity index (χ3n) is 11.7. The minimum atomic E-state index is -4.70. The van der Waals surface area contributed by atoms with Crippen molar-refractivity contribution in [1.82, 2.24) is 14.8 Å². The number of thiophene rings is 1. The average Bonchev–Trinajstić information content (AvgIpc) is 3.84. The Bertz CT molecular complexity index is 2500. The lowest BCUT2D eigenvalue weighted by Gasteiger charge is -2.47. The van der Waals surface area contributed by atoms with E-state index in [1.807, 2.05) is 41.8 Å². The van der Waals surface area contributed by atoms with E-state index in [4.69, 9.17) is 0 Å². The molecule has 2 aliphatic heterocycles. The number of alkyl halides is 3. The van der Waals surface area contributed by atoms with Crippen LogP contribution in [0, 0.1) is 0 Å². The van der Waals surface area contributed by atoms with Crippen molar-refractivity contribution in [3.05, 3.63) is 108 Å². The molecule has 4 aromatic heterocycles. The van der Waals surface area contributed by atoms with E-state index in [9.17, 15) is 13.2 Å². The highest BCUT2D eigenvalue weighted by molar-refractivity contribution is 7.26. The molecule has 0 saturated heterocycles. The second kappa shape index (κ2) is 10.9. The number of hydrogen-bond donors (Lipinski definition) is 0. The van der Waals surface area contributed by atoms with Crippen LogP contribution in [-0.2, 0) is 23.7 Å². The predicted octanol–water partition coefficient (Wildman–Crippen LogP) is 9.92. The number of nitrogens with zero attached hydrogens (tertiary/aromatic N) is 5. The van der Waals surface area contributed by atoms with Gasteiger partial charge in [-0.25, -0.2) is 4.68 Å². The van der Waals surface area contributed by atoms with Crippen molar-refractivity contribution in [2.45, 2.75) is 83.1 Å². The van der Waals surface area contributed by atoms with Gasteiger partial charge in [-0.15, -0.1) is 16.4 Å². The molecule has 3 unspecified atom stereocenters. The Morgan fingerprint density at radius 3 is 2.48 bits per heavy atom. The maximum atomic E-state index is 14.6. The van der Waals surface area contributed by atoms with Gasteiger partial charge in [0.15, 0.2) is 17.3 Å². The van der Waals surface area contributed by atoms with Gasteiger partial charge in [-0.3, -0.25) is 0 Å². The molecule has 0 fully saturated rings. The summed E-state index contributed by atoms with van der Waals surface area (Å²) in [5.41, 5.74) is 4.69. The van der Waals surface area contributed by atoms with Crippen LogP contribution in [0.15, 0.2) is 91.1 Å². The topological polar surface area (TPSA) is 38.5 Å². The van der Waals surface area contributed by atoms with Gasteiger partial charge in [0.1, 0.15) is 0 Å². The van der Waals surface area contributed by atoms with Gasteiger partial charge >= 0.3 is 6.18 Å². The number of aryl methyl sites for hydroxylation is 1. The average molecular weight is 690 g/mol. The number of benzene rings is 3. The standard InChI is InChI=1S/C41H38F3N5S/c1-5-8-14-26-16-13-19-32-33(26)27-21-22-28-34(35(27)50-32)30-23-20-25-15-9-10-17-29(25)48(30)36(28)40(7-3)39(4,6-2)47-24-12-11-18-31(47)37-45-38(41(42,43)44)46-49(37)40/h9-13,15-24,36H,5-8,14H2,1-4H3/q+2. The van der Waals surface area contributed by atoms with E-state index in [-0.39, 0.29) is 5.82 Å². The van der Waals surface area contributed by atoms with Gasteiger partial charge in [0.05, 0.1) is 5.56 Å². The van der Waals surface area contributed by atoms with Crippen LogP contribution < -0.4 is 9.13 Å². The van der Waals surface area contributed by atoms with Gasteiger partial charge in [-0.2, -0.15) is 27.3 Å². The number of unbranched alkanes of at least 4 members (excludes halogenated alkanes) is 1. The van der Waals surface area contributed by atoms with E-state index in [1.165, 1.54) is 25.7 Å². The minimum absolute atomic E-state index is 0.241.